The van der Waals surface area contributed by atoms with E-state index in [-0.39, 0.29) is 16.4 Å². The van der Waals surface area contributed by atoms with Crippen LogP contribution in [0.15, 0.2) is 12.3 Å². The molecule has 0 aliphatic carbocycles. The highest BCUT2D eigenvalue weighted by Gasteiger charge is 2.57. The van der Waals surface area contributed by atoms with Crippen LogP contribution in [0, 0.1) is 29.1 Å². The zero-order chi connectivity index (χ0) is 17.1. The lowest BCUT2D eigenvalue weighted by Gasteiger charge is -2.52. The minimum absolute atomic E-state index is 0.00167. The Morgan fingerprint density at radius 1 is 0.909 bits per heavy atom. The van der Waals surface area contributed by atoms with Gasteiger partial charge in [0, 0.05) is 17.3 Å². The lowest BCUT2D eigenvalue weighted by atomic mass is 9.53. The summed E-state index contributed by atoms with van der Waals surface area (Å²) in [6.45, 7) is 24.1. The minimum Gasteiger partial charge on any atom is -0.263 e. The van der Waals surface area contributed by atoms with Crippen molar-refractivity contribution in [2.45, 2.75) is 80.2 Å². The first kappa shape index (κ1) is 17.6. The molecule has 1 aliphatic rings. The molecule has 22 heavy (non-hydrogen) atoms. The molecule has 0 fully saturated rings. The third-order valence-electron chi connectivity index (χ3n) is 6.90. The first-order chi connectivity index (χ1) is 9.86. The standard InChI is InChI=1S/C20H36N2/c1-13(2)16-17(14(3)4)19(7,8)20(9,10)22-15(11-12-21-22)18(16,5)6/h11-14,16-17H,1-10H3. The van der Waals surface area contributed by atoms with E-state index < -0.39 is 0 Å². The fraction of sp³-hybridized carbons (Fsp3) is 0.850. The topological polar surface area (TPSA) is 17.8 Å². The Bertz CT molecular complexity index is 532. The molecule has 0 saturated heterocycles. The third kappa shape index (κ3) is 2.17. The molecule has 2 rings (SSSR count). The number of rotatable bonds is 2. The zero-order valence-electron chi connectivity index (χ0n) is 16.4. The van der Waals surface area contributed by atoms with E-state index in [4.69, 9.17) is 5.10 Å². The Morgan fingerprint density at radius 2 is 1.41 bits per heavy atom. The van der Waals surface area contributed by atoms with E-state index in [1.54, 1.807) is 0 Å². The van der Waals surface area contributed by atoms with Gasteiger partial charge in [-0.2, -0.15) is 5.10 Å². The van der Waals surface area contributed by atoms with Crippen LogP contribution in [0.3, 0.4) is 0 Å². The molecule has 2 atom stereocenters. The summed E-state index contributed by atoms with van der Waals surface area (Å²) in [5.41, 5.74) is 1.70. The highest BCUT2D eigenvalue weighted by atomic mass is 15.3. The summed E-state index contributed by atoms with van der Waals surface area (Å²) in [4.78, 5) is 0. The quantitative estimate of drug-likeness (QED) is 0.707. The summed E-state index contributed by atoms with van der Waals surface area (Å²) in [6, 6.07) is 2.25. The van der Waals surface area contributed by atoms with Gasteiger partial charge in [-0.05, 0) is 49.0 Å². The lowest BCUT2D eigenvalue weighted by molar-refractivity contribution is -0.0303. The van der Waals surface area contributed by atoms with Crippen LogP contribution in [0.1, 0.15) is 74.9 Å². The van der Waals surface area contributed by atoms with Gasteiger partial charge in [0.1, 0.15) is 0 Å². The molecule has 0 radical (unpaired) electrons. The average Bonchev–Trinajstić information content (AvgIpc) is 2.82. The molecule has 0 aromatic carbocycles. The van der Waals surface area contributed by atoms with Crippen LogP contribution in [-0.2, 0) is 11.0 Å². The van der Waals surface area contributed by atoms with E-state index in [1.807, 2.05) is 6.20 Å². The van der Waals surface area contributed by atoms with E-state index in [9.17, 15) is 0 Å². The summed E-state index contributed by atoms with van der Waals surface area (Å²) in [7, 11) is 0. The number of hydrogen-bond acceptors (Lipinski definition) is 1. The maximum Gasteiger partial charge on any atom is 0.0628 e. The van der Waals surface area contributed by atoms with E-state index in [0.29, 0.717) is 23.7 Å². The fourth-order valence-electron chi connectivity index (χ4n) is 5.48. The van der Waals surface area contributed by atoms with Crippen molar-refractivity contribution in [1.82, 2.24) is 9.78 Å². The second-order valence-corrected chi connectivity index (χ2v) is 9.67. The van der Waals surface area contributed by atoms with E-state index in [2.05, 4.69) is 80.0 Å². The van der Waals surface area contributed by atoms with Crippen LogP contribution in [0.5, 0.6) is 0 Å². The average molecular weight is 305 g/mol. The van der Waals surface area contributed by atoms with Crippen molar-refractivity contribution in [3.63, 3.8) is 0 Å². The predicted molar refractivity (Wildman–Crippen MR) is 95.0 cm³/mol. The molecule has 0 N–H and O–H groups in total. The van der Waals surface area contributed by atoms with Gasteiger partial charge < -0.3 is 0 Å². The Hall–Kier alpha value is -0.790. The molecule has 0 bridgehead atoms. The smallest absolute Gasteiger partial charge is 0.0628 e. The monoisotopic (exact) mass is 304 g/mol. The second kappa shape index (κ2) is 5.11. The third-order valence-corrected chi connectivity index (χ3v) is 6.90. The second-order valence-electron chi connectivity index (χ2n) is 9.67. The van der Waals surface area contributed by atoms with Gasteiger partial charge in [0.05, 0.1) is 5.54 Å². The van der Waals surface area contributed by atoms with E-state index in [1.165, 1.54) is 5.69 Å². The summed E-state index contributed by atoms with van der Waals surface area (Å²) < 4.78 is 2.32. The number of hydrogen-bond donors (Lipinski definition) is 0. The summed E-state index contributed by atoms with van der Waals surface area (Å²) in [6.07, 6.45) is 1.99. The van der Waals surface area contributed by atoms with Crippen molar-refractivity contribution in [2.75, 3.05) is 0 Å². The SMILES string of the molecule is CC(C)C1C(C(C)C)C(C)(C)C(C)(C)n2nccc2C1(C)C. The number of aromatic nitrogens is 2. The van der Waals surface area contributed by atoms with E-state index in [0.717, 1.165) is 0 Å². The Balaban J connectivity index is 2.82. The maximum absolute atomic E-state index is 4.77. The molecule has 0 spiro atoms. The van der Waals surface area contributed by atoms with Crippen LogP contribution in [0.2, 0.25) is 0 Å². The van der Waals surface area contributed by atoms with Gasteiger partial charge >= 0.3 is 0 Å². The summed E-state index contributed by atoms with van der Waals surface area (Å²) >= 11 is 0. The summed E-state index contributed by atoms with van der Waals surface area (Å²) in [5, 5.41) is 4.77. The summed E-state index contributed by atoms with van der Waals surface area (Å²) in [5.74, 6) is 2.60. The number of nitrogens with zero attached hydrogens (tertiary/aromatic N) is 2. The first-order valence-electron chi connectivity index (χ1n) is 8.91. The van der Waals surface area contributed by atoms with Gasteiger partial charge in [-0.25, -0.2) is 0 Å². The largest absolute Gasteiger partial charge is 0.263 e. The van der Waals surface area contributed by atoms with Gasteiger partial charge in [0.15, 0.2) is 0 Å². The molecule has 2 nitrogen and oxygen atoms in total. The van der Waals surface area contributed by atoms with Gasteiger partial charge in [-0.3, -0.25) is 4.68 Å². The van der Waals surface area contributed by atoms with Crippen molar-refractivity contribution in [1.29, 1.82) is 0 Å². The van der Waals surface area contributed by atoms with Gasteiger partial charge in [-0.1, -0.05) is 55.4 Å². The highest BCUT2D eigenvalue weighted by Crippen LogP contribution is 2.58. The van der Waals surface area contributed by atoms with Crippen LogP contribution in [0.4, 0.5) is 0 Å². The van der Waals surface area contributed by atoms with Gasteiger partial charge in [-0.15, -0.1) is 0 Å². The molecule has 126 valence electrons. The Kier molecular flexibility index (Phi) is 4.08. The molecule has 0 saturated carbocycles. The molecule has 0 amide bonds. The fourth-order valence-corrected chi connectivity index (χ4v) is 5.48. The van der Waals surface area contributed by atoms with Gasteiger partial charge in [0.2, 0.25) is 0 Å². The van der Waals surface area contributed by atoms with Crippen LogP contribution in [-0.4, -0.2) is 9.78 Å². The highest BCUT2D eigenvalue weighted by molar-refractivity contribution is 5.23. The number of fused-ring (bicyclic) bond motifs is 1. The molecular formula is C20H36N2. The first-order valence-corrected chi connectivity index (χ1v) is 8.91. The predicted octanol–water partition coefficient (Wildman–Crippen LogP) is 5.48. The van der Waals surface area contributed by atoms with Crippen molar-refractivity contribution >= 4 is 0 Å². The maximum atomic E-state index is 4.77. The molecule has 1 aliphatic heterocycles. The van der Waals surface area contributed by atoms with Crippen LogP contribution >= 0.6 is 0 Å². The van der Waals surface area contributed by atoms with Gasteiger partial charge in [0.25, 0.3) is 0 Å². The molecular weight excluding hydrogens is 268 g/mol. The normalized spacial score (nSPS) is 29.5. The molecule has 1 aromatic rings. The van der Waals surface area contributed by atoms with E-state index >= 15 is 0 Å². The Morgan fingerprint density at radius 3 is 1.86 bits per heavy atom. The molecule has 1 aromatic heterocycles. The lowest BCUT2D eigenvalue weighted by Crippen LogP contribution is -2.50. The molecule has 2 heterocycles. The van der Waals surface area contributed by atoms with Crippen LogP contribution < -0.4 is 0 Å². The minimum atomic E-state index is 0.00167. The molecule has 2 heteroatoms. The zero-order valence-corrected chi connectivity index (χ0v) is 16.4. The van der Waals surface area contributed by atoms with Crippen molar-refractivity contribution in [2.24, 2.45) is 29.1 Å². The van der Waals surface area contributed by atoms with Crippen LogP contribution in [0.25, 0.3) is 0 Å². The van der Waals surface area contributed by atoms with Crippen molar-refractivity contribution in [3.8, 4) is 0 Å². The van der Waals surface area contributed by atoms with Crippen molar-refractivity contribution < 1.29 is 0 Å². The molecule has 2 unspecified atom stereocenters. The Labute approximate surface area is 137 Å². The van der Waals surface area contributed by atoms with Crippen molar-refractivity contribution in [3.05, 3.63) is 18.0 Å².